The second-order valence-electron chi connectivity index (χ2n) is 21.3. The third-order valence-electron chi connectivity index (χ3n) is 12.4. The van der Waals surface area contributed by atoms with Crippen molar-refractivity contribution in [1.82, 2.24) is 59.0 Å². The first kappa shape index (κ1) is 119. The molecule has 0 fully saturated rings. The maximum Gasteiger partial charge on any atom is 3.00 e. The molecule has 0 amide bonds. The molecule has 50 heteroatoms. The fraction of sp³-hybridized carbons (Fsp3) is 0.135. The van der Waals surface area contributed by atoms with Crippen molar-refractivity contribution in [2.24, 2.45) is 14.1 Å². The van der Waals surface area contributed by atoms with E-state index in [-0.39, 0.29) is 94.5 Å². The Labute approximate surface area is 783 Å². The number of halogens is 32. The Morgan fingerprint density at radius 2 is 0.508 bits per heavy atom. The van der Waals surface area contributed by atoms with Crippen molar-refractivity contribution in [3.63, 3.8) is 0 Å². The SMILES string of the molecule is Cc1ccnc(-n2[c-][n+](C)c3ccccc32)c1.Cc1ccnc(-n2[c-][n+](C)c3ccccc32)c1.ClCCl.ClCCl.ClCCl.ClCCl.ClCCl.ClCCl.F[P-](F)(F)(F)(F)F.F[P-](F)(F)(F)(F)F.Fc1c[c-]c(-c2ccccn2)c(F)n1.Fc1c[c-]c(-c2ccccn2)c(F)n1.Fc1c[c-]c(-c2ccccn2)c(F)n1.Fc1c[c-]c(-c2ccccn2)c(F)n1.[Ir+3].[Ir+3]. The summed E-state index contributed by atoms with van der Waals surface area (Å²) >= 11 is 57.2. The summed E-state index contributed by atoms with van der Waals surface area (Å²) in [6.07, 6.45) is 16.3. The molecule has 124 heavy (non-hydrogen) atoms. The van der Waals surface area contributed by atoms with Crippen molar-refractivity contribution >= 4 is 177 Å². The third-order valence-corrected chi connectivity index (χ3v) is 12.4. The van der Waals surface area contributed by atoms with Crippen LogP contribution in [0.4, 0.5) is 85.5 Å². The van der Waals surface area contributed by atoms with Crippen LogP contribution in [0, 0.1) is 98.3 Å². The summed E-state index contributed by atoms with van der Waals surface area (Å²) in [5.74, 6) is -5.34. The van der Waals surface area contributed by atoms with Gasteiger partial charge in [0.25, 0.3) is 0 Å². The number of nitrogens with zero attached hydrogens (tertiary/aromatic N) is 14. The van der Waals surface area contributed by atoms with Crippen LogP contribution in [0.25, 0.3) is 78.7 Å². The Morgan fingerprint density at radius 1 is 0.306 bits per heavy atom. The number of benzene rings is 2. The molecule has 0 saturated heterocycles. The molecule has 0 bridgehead atoms. The van der Waals surface area contributed by atoms with E-state index in [1.54, 1.807) is 72.8 Å². The van der Waals surface area contributed by atoms with E-state index < -0.39 is 63.2 Å². The van der Waals surface area contributed by atoms with Crippen LogP contribution in [0.5, 0.6) is 0 Å². The van der Waals surface area contributed by atoms with Gasteiger partial charge in [-0.25, -0.2) is 35.1 Å². The van der Waals surface area contributed by atoms with Gasteiger partial charge in [-0.15, -0.1) is 163 Å². The first-order valence-corrected chi connectivity index (χ1v) is 42.5. The maximum atomic E-state index is 13.1. The number of fused-ring (bicyclic) bond motifs is 2. The fourth-order valence-electron chi connectivity index (χ4n) is 8.28. The standard InChI is InChI=1S/2C14H13N3.4C10H5F2N2.6CH2Cl2.2F6P.2Ir/c2*1-11-7-8-15-14(9-11)17-10-16(2)12-5-3-4-6-13(12)17;4*11-9-5-4-7(10(12)14-9)8-3-1-2-6-13-8;6*2-1-3;2*1-7(2,3,4,5)6;;/h2*3-9H,1-2H3;4*1-3,5-6H;6*1H2;;;;/q;;4*-1;;;;;;;2*-1;2*+3. The molecule has 12 aromatic heterocycles. The quantitative estimate of drug-likeness (QED) is 0.0394. The van der Waals surface area contributed by atoms with Crippen LogP contribution in [-0.2, 0) is 54.3 Å². The number of rotatable bonds is 6. The Morgan fingerprint density at radius 3 is 0.694 bits per heavy atom. The third kappa shape index (κ3) is 53.7. The zero-order valence-corrected chi connectivity index (χ0v) is 78.4. The molecule has 0 N–H and O–H groups in total. The van der Waals surface area contributed by atoms with E-state index in [2.05, 4.69) is 137 Å². The molecule has 0 spiro atoms. The summed E-state index contributed by atoms with van der Waals surface area (Å²) in [6, 6.07) is 58.3. The number of hydrogen-bond donors (Lipinski definition) is 0. The van der Waals surface area contributed by atoms with Gasteiger partial charge in [-0.3, -0.25) is 29.9 Å². The molecule has 0 aliphatic rings. The van der Waals surface area contributed by atoms with Crippen LogP contribution in [0.1, 0.15) is 11.1 Å². The van der Waals surface area contributed by atoms with Gasteiger partial charge in [-0.1, -0.05) is 155 Å². The van der Waals surface area contributed by atoms with Crippen molar-refractivity contribution in [2.75, 3.05) is 32.0 Å². The predicted molar refractivity (Wildman–Crippen MR) is 443 cm³/mol. The van der Waals surface area contributed by atoms with Gasteiger partial charge >= 0.3 is 106 Å². The summed E-state index contributed by atoms with van der Waals surface area (Å²) in [4.78, 5) is 36.6. The topological polar surface area (TPSA) is 147 Å². The van der Waals surface area contributed by atoms with Gasteiger partial charge in [0.1, 0.15) is 59.2 Å². The molecule has 0 radical (unpaired) electrons. The maximum absolute atomic E-state index is 13.1. The molecule has 14 aromatic rings. The molecule has 0 unspecified atom stereocenters. The molecule has 0 aliphatic heterocycles. The molecule has 676 valence electrons. The van der Waals surface area contributed by atoms with Crippen LogP contribution < -0.4 is 9.13 Å². The largest absolute Gasteiger partial charge is 3.00 e. The van der Waals surface area contributed by atoms with Crippen LogP contribution >= 0.6 is 155 Å². The molecular weight excluding hydrogens is 2340 g/mol. The van der Waals surface area contributed by atoms with Gasteiger partial charge in [0.2, 0.25) is 12.7 Å². The van der Waals surface area contributed by atoms with Gasteiger partial charge in [-0.05, 0) is 85.2 Å². The molecule has 0 atom stereocenters. The second kappa shape index (κ2) is 57.8. The van der Waals surface area contributed by atoms with E-state index in [1.165, 1.54) is 35.9 Å². The first-order chi connectivity index (χ1) is 57.0. The monoisotopic (exact) mass is 2390 g/mol. The normalized spacial score (nSPS) is 11.1. The van der Waals surface area contributed by atoms with Gasteiger partial charge in [0.05, 0.1) is 68.2 Å². The summed E-state index contributed by atoms with van der Waals surface area (Å²) in [7, 11) is -17.3. The van der Waals surface area contributed by atoms with E-state index >= 15 is 0 Å². The van der Waals surface area contributed by atoms with Crippen molar-refractivity contribution < 1.29 is 135 Å². The minimum atomic E-state index is -10.7. The van der Waals surface area contributed by atoms with Crippen LogP contribution in [0.15, 0.2) is 207 Å². The smallest absolute Gasteiger partial charge is 0.305 e. The zero-order chi connectivity index (χ0) is 92.6. The number of alkyl halides is 12. The molecule has 12 heterocycles. The van der Waals surface area contributed by atoms with Gasteiger partial charge < -0.3 is 38.2 Å². The minimum Gasteiger partial charge on any atom is -0.305 e. The van der Waals surface area contributed by atoms with E-state index in [9.17, 15) is 85.5 Å². The number of aryl methyl sites for hydroxylation is 4. The Kier molecular flexibility index (Phi) is 55.6. The van der Waals surface area contributed by atoms with Crippen LogP contribution in [-0.4, -0.2) is 91.0 Å². The van der Waals surface area contributed by atoms with Gasteiger partial charge in [0.15, 0.2) is 0 Å². The van der Waals surface area contributed by atoms with Crippen LogP contribution in [0.2, 0.25) is 0 Å². The predicted octanol–water partition coefficient (Wildman–Crippen LogP) is 28.1. The number of para-hydroxylation sites is 4. The molecule has 0 aliphatic carbocycles. The summed E-state index contributed by atoms with van der Waals surface area (Å²) in [6.45, 7) is 4.13. The Balaban J connectivity index is 0. The van der Waals surface area contributed by atoms with Crippen molar-refractivity contribution in [1.29, 1.82) is 0 Å². The fourth-order valence-corrected chi connectivity index (χ4v) is 8.28. The Bertz CT molecular complexity index is 4850. The second-order valence-corrected chi connectivity index (χ2v) is 30.0. The average Bonchev–Trinajstić information content (AvgIpc) is 1.30. The van der Waals surface area contributed by atoms with Crippen LogP contribution in [0.3, 0.4) is 0 Å². The number of hydrogen-bond acceptors (Lipinski definition) is 10. The minimum absolute atomic E-state index is 0. The molecule has 0 saturated carbocycles. The van der Waals surface area contributed by atoms with Crippen molar-refractivity contribution in [2.45, 2.75) is 13.8 Å². The summed E-state index contributed by atoms with van der Waals surface area (Å²) in [5.41, 5.74) is 8.78. The molecule has 14 rings (SSSR count). The van der Waals surface area contributed by atoms with E-state index in [4.69, 9.17) is 139 Å². The Hall–Kier alpha value is -6.88. The van der Waals surface area contributed by atoms with E-state index in [1.807, 2.05) is 81.2 Å². The summed E-state index contributed by atoms with van der Waals surface area (Å²) in [5, 5.41) is 1.17. The number of imidazole rings is 2. The number of aromatic nitrogens is 14. The number of pyridine rings is 10. The van der Waals surface area contributed by atoms with Crippen molar-refractivity contribution in [3.05, 3.63) is 303 Å². The van der Waals surface area contributed by atoms with E-state index in [0.717, 1.165) is 58.0 Å². The molecule has 2 aromatic carbocycles. The van der Waals surface area contributed by atoms with Crippen molar-refractivity contribution in [3.8, 4) is 56.7 Å². The molecule has 14 nitrogen and oxygen atoms in total. The first-order valence-electron chi connectivity index (χ1n) is 32.1. The molecular formula is C74H58Cl12F20Ir2N14P2. The summed E-state index contributed by atoms with van der Waals surface area (Å²) < 4.78 is 229. The average molecular weight is 2400 g/mol. The zero-order valence-electron chi connectivity index (χ0n) is 62.8. The van der Waals surface area contributed by atoms with Gasteiger partial charge in [-0.2, -0.15) is 0 Å². The van der Waals surface area contributed by atoms with Gasteiger partial charge in [0, 0.05) is 37.2 Å². The van der Waals surface area contributed by atoms with E-state index in [0.29, 0.717) is 22.8 Å².